The Bertz CT molecular complexity index is 610. The van der Waals surface area contributed by atoms with E-state index < -0.39 is 0 Å². The summed E-state index contributed by atoms with van der Waals surface area (Å²) in [5.74, 6) is 1.55. The Kier molecular flexibility index (Phi) is 7.50. The summed E-state index contributed by atoms with van der Waals surface area (Å²) < 4.78 is 11.1. The van der Waals surface area contributed by atoms with Crippen molar-refractivity contribution >= 4 is 5.96 Å². The maximum atomic E-state index is 5.56. The normalized spacial score (nSPS) is 22.6. The monoisotopic (exact) mass is 374 g/mol. The molecule has 0 saturated carbocycles. The van der Waals surface area contributed by atoms with E-state index in [4.69, 9.17) is 9.47 Å². The highest BCUT2D eigenvalue weighted by molar-refractivity contribution is 5.79. The van der Waals surface area contributed by atoms with Crippen LogP contribution in [-0.4, -0.2) is 82.5 Å². The third-order valence-corrected chi connectivity index (χ3v) is 5.50. The van der Waals surface area contributed by atoms with Crippen LogP contribution in [0.1, 0.15) is 23.6 Å². The molecule has 0 bridgehead atoms. The molecule has 1 aromatic carbocycles. The summed E-state index contributed by atoms with van der Waals surface area (Å²) >= 11 is 0. The molecule has 1 N–H and O–H groups in total. The van der Waals surface area contributed by atoms with Crippen molar-refractivity contribution in [1.29, 1.82) is 0 Å². The minimum atomic E-state index is 0.314. The number of morpholine rings is 1. The molecule has 2 atom stereocenters. The molecule has 6 nitrogen and oxygen atoms in total. The van der Waals surface area contributed by atoms with Crippen LogP contribution in [0.15, 0.2) is 29.3 Å². The van der Waals surface area contributed by atoms with Crippen LogP contribution >= 0.6 is 0 Å². The summed E-state index contributed by atoms with van der Waals surface area (Å²) in [6.07, 6.45) is 1.14. The molecule has 2 saturated heterocycles. The van der Waals surface area contributed by atoms with Crippen LogP contribution in [0, 0.1) is 12.8 Å². The fourth-order valence-corrected chi connectivity index (χ4v) is 4.00. The van der Waals surface area contributed by atoms with Gasteiger partial charge in [-0.25, -0.2) is 0 Å². The first-order valence-electron chi connectivity index (χ1n) is 10.0. The maximum absolute atomic E-state index is 5.56. The lowest BCUT2D eigenvalue weighted by Gasteiger charge is -2.36. The van der Waals surface area contributed by atoms with E-state index in [1.54, 1.807) is 0 Å². The summed E-state index contributed by atoms with van der Waals surface area (Å²) in [7, 11) is 3.98. The molecule has 27 heavy (non-hydrogen) atoms. The van der Waals surface area contributed by atoms with Crippen molar-refractivity contribution in [3.05, 3.63) is 35.4 Å². The zero-order valence-electron chi connectivity index (χ0n) is 17.0. The van der Waals surface area contributed by atoms with Gasteiger partial charge in [-0.1, -0.05) is 29.8 Å². The first kappa shape index (κ1) is 20.1. The van der Waals surface area contributed by atoms with E-state index >= 15 is 0 Å². The zero-order valence-corrected chi connectivity index (χ0v) is 17.0. The van der Waals surface area contributed by atoms with Gasteiger partial charge in [-0.2, -0.15) is 0 Å². The summed E-state index contributed by atoms with van der Waals surface area (Å²) in [6, 6.07) is 9.15. The molecule has 0 amide bonds. The molecular weight excluding hydrogens is 340 g/mol. The Morgan fingerprint density at radius 2 is 2.11 bits per heavy atom. The largest absolute Gasteiger partial charge is 0.381 e. The minimum Gasteiger partial charge on any atom is -0.381 e. The number of nitrogens with one attached hydrogen (secondary N) is 1. The third kappa shape index (κ3) is 5.67. The first-order chi connectivity index (χ1) is 13.2. The van der Waals surface area contributed by atoms with Crippen molar-refractivity contribution in [2.45, 2.75) is 19.4 Å². The van der Waals surface area contributed by atoms with Crippen molar-refractivity contribution in [3.8, 4) is 0 Å². The molecular formula is C21H34N4O2. The minimum absolute atomic E-state index is 0.314. The van der Waals surface area contributed by atoms with Crippen molar-refractivity contribution in [2.75, 3.05) is 66.7 Å². The second-order valence-corrected chi connectivity index (χ2v) is 7.62. The molecule has 6 heteroatoms. The topological polar surface area (TPSA) is 49.3 Å². The van der Waals surface area contributed by atoms with Crippen LogP contribution in [0.4, 0.5) is 0 Å². The number of hydrogen-bond donors (Lipinski definition) is 1. The molecule has 0 spiro atoms. The second kappa shape index (κ2) is 10.1. The van der Waals surface area contributed by atoms with Crippen molar-refractivity contribution < 1.29 is 9.47 Å². The van der Waals surface area contributed by atoms with Gasteiger partial charge >= 0.3 is 0 Å². The molecule has 1 aromatic rings. The summed E-state index contributed by atoms with van der Waals surface area (Å²) in [5, 5.41) is 3.61. The predicted octanol–water partition coefficient (Wildman–Crippen LogP) is 1.91. The van der Waals surface area contributed by atoms with Crippen molar-refractivity contribution in [1.82, 2.24) is 15.1 Å². The van der Waals surface area contributed by atoms with Crippen LogP contribution in [-0.2, 0) is 9.47 Å². The number of aryl methyl sites for hydroxylation is 1. The number of benzene rings is 1. The highest BCUT2D eigenvalue weighted by Crippen LogP contribution is 2.22. The van der Waals surface area contributed by atoms with Gasteiger partial charge in [0.25, 0.3) is 0 Å². The van der Waals surface area contributed by atoms with Gasteiger partial charge in [0.15, 0.2) is 5.96 Å². The lowest BCUT2D eigenvalue weighted by Crippen LogP contribution is -2.47. The third-order valence-electron chi connectivity index (χ3n) is 5.50. The van der Waals surface area contributed by atoms with Crippen LogP contribution in [0.3, 0.4) is 0 Å². The molecule has 2 fully saturated rings. The maximum Gasteiger partial charge on any atom is 0.193 e. The number of nitrogens with zero attached hydrogens (tertiary/aromatic N) is 3. The highest BCUT2D eigenvalue weighted by atomic mass is 16.5. The van der Waals surface area contributed by atoms with Gasteiger partial charge in [0, 0.05) is 52.8 Å². The SMILES string of the molecule is CN=C(NCC(c1cccc(C)c1)N1CCOCC1)N(C)CC1CCOC1. The quantitative estimate of drug-likeness (QED) is 0.609. The standard InChI is InChI=1S/C21H34N4O2/c1-17-5-4-6-19(13-17)20(25-8-11-26-12-9-25)14-23-21(22-2)24(3)15-18-7-10-27-16-18/h4-6,13,18,20H,7-12,14-16H2,1-3H3,(H,22,23). The average molecular weight is 375 g/mol. The number of hydrogen-bond acceptors (Lipinski definition) is 4. The van der Waals surface area contributed by atoms with E-state index in [0.717, 1.165) is 65.0 Å². The van der Waals surface area contributed by atoms with E-state index in [1.165, 1.54) is 11.1 Å². The smallest absolute Gasteiger partial charge is 0.193 e. The van der Waals surface area contributed by atoms with E-state index in [9.17, 15) is 0 Å². The van der Waals surface area contributed by atoms with Crippen LogP contribution < -0.4 is 5.32 Å². The Morgan fingerprint density at radius 1 is 1.30 bits per heavy atom. The van der Waals surface area contributed by atoms with Gasteiger partial charge in [0.1, 0.15) is 0 Å². The Balaban J connectivity index is 1.65. The van der Waals surface area contributed by atoms with Gasteiger partial charge in [0.2, 0.25) is 0 Å². The Hall–Kier alpha value is -1.63. The van der Waals surface area contributed by atoms with Gasteiger partial charge in [0.05, 0.1) is 25.9 Å². The lowest BCUT2D eigenvalue weighted by molar-refractivity contribution is 0.0169. The molecule has 2 heterocycles. The Morgan fingerprint density at radius 3 is 2.78 bits per heavy atom. The van der Waals surface area contributed by atoms with Crippen molar-refractivity contribution in [3.63, 3.8) is 0 Å². The second-order valence-electron chi connectivity index (χ2n) is 7.62. The molecule has 150 valence electrons. The average Bonchev–Trinajstić information content (AvgIpc) is 3.19. The molecule has 0 aromatic heterocycles. The number of guanidine groups is 1. The lowest BCUT2D eigenvalue weighted by atomic mass is 10.0. The predicted molar refractivity (Wildman–Crippen MR) is 109 cm³/mol. The van der Waals surface area contributed by atoms with Crippen LogP contribution in [0.2, 0.25) is 0 Å². The summed E-state index contributed by atoms with van der Waals surface area (Å²) in [6.45, 7) is 9.26. The van der Waals surface area contributed by atoms with E-state index in [0.29, 0.717) is 12.0 Å². The van der Waals surface area contributed by atoms with E-state index in [1.807, 2.05) is 7.05 Å². The number of rotatable bonds is 6. The van der Waals surface area contributed by atoms with Gasteiger partial charge in [-0.05, 0) is 18.9 Å². The fourth-order valence-electron chi connectivity index (χ4n) is 4.00. The molecule has 2 unspecified atom stereocenters. The highest BCUT2D eigenvalue weighted by Gasteiger charge is 2.24. The van der Waals surface area contributed by atoms with Gasteiger partial charge in [-0.3, -0.25) is 9.89 Å². The molecule has 2 aliphatic rings. The number of ether oxygens (including phenoxy) is 2. The van der Waals surface area contributed by atoms with Crippen LogP contribution in [0.25, 0.3) is 0 Å². The first-order valence-corrected chi connectivity index (χ1v) is 10.0. The fraction of sp³-hybridized carbons (Fsp3) is 0.667. The van der Waals surface area contributed by atoms with Gasteiger partial charge in [-0.15, -0.1) is 0 Å². The van der Waals surface area contributed by atoms with Crippen LogP contribution in [0.5, 0.6) is 0 Å². The molecule has 0 aliphatic carbocycles. The van der Waals surface area contributed by atoms with Crippen molar-refractivity contribution in [2.24, 2.45) is 10.9 Å². The summed E-state index contributed by atoms with van der Waals surface area (Å²) in [4.78, 5) is 9.25. The molecule has 0 radical (unpaired) electrons. The van der Waals surface area contributed by atoms with E-state index in [2.05, 4.69) is 58.3 Å². The molecule has 2 aliphatic heterocycles. The number of aliphatic imine (C=N–C) groups is 1. The Labute approximate surface area is 163 Å². The molecule has 3 rings (SSSR count). The van der Waals surface area contributed by atoms with Gasteiger partial charge < -0.3 is 19.7 Å². The summed E-state index contributed by atoms with van der Waals surface area (Å²) in [5.41, 5.74) is 2.65. The zero-order chi connectivity index (χ0) is 19.1. The van der Waals surface area contributed by atoms with E-state index in [-0.39, 0.29) is 0 Å².